The molecule has 0 bridgehead atoms. The van der Waals surface area contributed by atoms with E-state index in [4.69, 9.17) is 14.9 Å². The highest BCUT2D eigenvalue weighted by Crippen LogP contribution is 2.18. The fraction of sp³-hybridized carbons (Fsp3) is 1.00. The van der Waals surface area contributed by atoms with Gasteiger partial charge in [0.15, 0.2) is 0 Å². The lowest BCUT2D eigenvalue weighted by Crippen LogP contribution is -2.38. The second-order valence-corrected chi connectivity index (χ2v) is 7.23. The molecule has 0 radical (unpaired) electrons. The van der Waals surface area contributed by atoms with Crippen molar-refractivity contribution in [1.29, 1.82) is 0 Å². The molecule has 0 aliphatic carbocycles. The Labute approximate surface area is 101 Å². The molecule has 1 saturated heterocycles. The van der Waals surface area contributed by atoms with E-state index in [2.05, 4.69) is 5.32 Å². The van der Waals surface area contributed by atoms with Gasteiger partial charge in [0.05, 0.1) is 5.73 Å². The molecule has 0 saturated carbocycles. The summed E-state index contributed by atoms with van der Waals surface area (Å²) in [5, 5.41) is 3.32. The molecule has 3 N–H and O–H groups in total. The molecule has 2 atom stereocenters. The van der Waals surface area contributed by atoms with Crippen LogP contribution in [-0.4, -0.2) is 48.1 Å². The molecular formula is C11H26N2O2Si. The molecule has 1 aliphatic rings. The zero-order valence-electron chi connectivity index (χ0n) is 10.4. The summed E-state index contributed by atoms with van der Waals surface area (Å²) in [4.78, 5) is 0. The molecule has 0 spiro atoms. The number of rotatable bonds is 8. The van der Waals surface area contributed by atoms with Crippen LogP contribution in [0.4, 0.5) is 0 Å². The number of ether oxygens (including phenoxy) is 1. The summed E-state index contributed by atoms with van der Waals surface area (Å²) >= 11 is 0. The van der Waals surface area contributed by atoms with Gasteiger partial charge in [0, 0.05) is 26.8 Å². The Morgan fingerprint density at radius 3 is 2.94 bits per heavy atom. The summed E-state index contributed by atoms with van der Waals surface area (Å²) in [7, 11) is 0.710. The first-order valence-corrected chi connectivity index (χ1v) is 8.39. The van der Waals surface area contributed by atoms with Gasteiger partial charge >= 0.3 is 0 Å². The standard InChI is InChI=1S/C11H26N2O2Si/c1-14-16(10-4-7-13-8-6-12)11-5-2-3-9-15-11/h11,13,16H,2-10,12H2,1H3. The Balaban J connectivity index is 2.10. The number of nitrogens with two attached hydrogens (primary N) is 1. The van der Waals surface area contributed by atoms with E-state index in [1.165, 1.54) is 31.7 Å². The molecule has 1 fully saturated rings. The fourth-order valence-electron chi connectivity index (χ4n) is 2.17. The largest absolute Gasteiger partial charge is 0.421 e. The van der Waals surface area contributed by atoms with Crippen molar-refractivity contribution in [2.45, 2.75) is 37.5 Å². The molecule has 0 aromatic heterocycles. The number of hydrogen-bond donors (Lipinski definition) is 2. The van der Waals surface area contributed by atoms with Crippen LogP contribution in [0, 0.1) is 0 Å². The van der Waals surface area contributed by atoms with Crippen molar-refractivity contribution >= 4 is 9.04 Å². The first kappa shape index (κ1) is 14.1. The van der Waals surface area contributed by atoms with Gasteiger partial charge in [-0.1, -0.05) is 0 Å². The summed E-state index contributed by atoms with van der Waals surface area (Å²) in [6.45, 7) is 3.62. The molecule has 0 aromatic carbocycles. The maximum atomic E-state index is 5.81. The van der Waals surface area contributed by atoms with E-state index in [-0.39, 0.29) is 0 Å². The van der Waals surface area contributed by atoms with Gasteiger partial charge in [-0.05, 0) is 38.3 Å². The molecule has 5 heteroatoms. The maximum absolute atomic E-state index is 5.81. The van der Waals surface area contributed by atoms with Crippen molar-refractivity contribution in [3.63, 3.8) is 0 Å². The Kier molecular flexibility index (Phi) is 8.05. The topological polar surface area (TPSA) is 56.5 Å². The molecular weight excluding hydrogens is 220 g/mol. The van der Waals surface area contributed by atoms with Gasteiger partial charge in [0.2, 0.25) is 9.04 Å². The molecule has 1 heterocycles. The third-order valence-corrected chi connectivity index (χ3v) is 6.03. The molecule has 1 aliphatic heterocycles. The van der Waals surface area contributed by atoms with Gasteiger partial charge in [-0.2, -0.15) is 0 Å². The number of nitrogens with one attached hydrogen (secondary N) is 1. The normalized spacial score (nSPS) is 23.2. The van der Waals surface area contributed by atoms with Crippen LogP contribution in [0.15, 0.2) is 0 Å². The van der Waals surface area contributed by atoms with Crippen molar-refractivity contribution in [1.82, 2.24) is 5.32 Å². The van der Waals surface area contributed by atoms with E-state index in [0.29, 0.717) is 5.73 Å². The van der Waals surface area contributed by atoms with Crippen LogP contribution in [0.1, 0.15) is 25.7 Å². The first-order chi connectivity index (χ1) is 7.88. The third-order valence-electron chi connectivity index (χ3n) is 3.10. The molecule has 16 heavy (non-hydrogen) atoms. The molecule has 4 nitrogen and oxygen atoms in total. The molecule has 2 unspecified atom stereocenters. The highest BCUT2D eigenvalue weighted by Gasteiger charge is 2.25. The van der Waals surface area contributed by atoms with Crippen LogP contribution in [0.25, 0.3) is 0 Å². The highest BCUT2D eigenvalue weighted by atomic mass is 28.3. The minimum Gasteiger partial charge on any atom is -0.421 e. The zero-order valence-corrected chi connectivity index (χ0v) is 11.6. The fourth-order valence-corrected chi connectivity index (χ4v) is 4.65. The highest BCUT2D eigenvalue weighted by molar-refractivity contribution is 6.53. The van der Waals surface area contributed by atoms with Crippen LogP contribution in [-0.2, 0) is 9.16 Å². The van der Waals surface area contributed by atoms with Crippen molar-refractivity contribution < 1.29 is 9.16 Å². The summed E-state index contributed by atoms with van der Waals surface area (Å²) in [6.07, 6.45) is 4.92. The van der Waals surface area contributed by atoms with Gasteiger partial charge in [0.1, 0.15) is 0 Å². The van der Waals surface area contributed by atoms with Crippen LogP contribution in [0.5, 0.6) is 0 Å². The summed E-state index contributed by atoms with van der Waals surface area (Å²) in [5.74, 6) is 0. The average molecular weight is 246 g/mol. The van der Waals surface area contributed by atoms with Gasteiger partial charge in [0.25, 0.3) is 0 Å². The Hall–Kier alpha value is 0.0569. The minimum atomic E-state index is -1.14. The van der Waals surface area contributed by atoms with Crippen molar-refractivity contribution in [3.8, 4) is 0 Å². The first-order valence-electron chi connectivity index (χ1n) is 6.43. The Morgan fingerprint density at radius 2 is 2.31 bits per heavy atom. The van der Waals surface area contributed by atoms with Crippen LogP contribution >= 0.6 is 0 Å². The van der Waals surface area contributed by atoms with E-state index < -0.39 is 9.04 Å². The monoisotopic (exact) mass is 246 g/mol. The smallest absolute Gasteiger partial charge is 0.204 e. The second kappa shape index (κ2) is 9.12. The minimum absolute atomic E-state index is 0.452. The van der Waals surface area contributed by atoms with Crippen molar-refractivity contribution in [3.05, 3.63) is 0 Å². The third kappa shape index (κ3) is 5.40. The summed E-state index contributed by atoms with van der Waals surface area (Å²) in [6, 6.07) is 1.21. The quantitative estimate of drug-likeness (QED) is 0.481. The maximum Gasteiger partial charge on any atom is 0.204 e. The van der Waals surface area contributed by atoms with E-state index in [1.54, 1.807) is 0 Å². The van der Waals surface area contributed by atoms with Gasteiger partial charge in [-0.25, -0.2) is 0 Å². The van der Waals surface area contributed by atoms with Crippen LogP contribution in [0.3, 0.4) is 0 Å². The SMILES string of the molecule is CO[SiH](CCCNCCN)C1CCCCO1. The van der Waals surface area contributed by atoms with E-state index >= 15 is 0 Å². The predicted molar refractivity (Wildman–Crippen MR) is 69.1 cm³/mol. The molecule has 0 amide bonds. The van der Waals surface area contributed by atoms with E-state index in [0.717, 1.165) is 26.2 Å². The van der Waals surface area contributed by atoms with Crippen LogP contribution < -0.4 is 11.1 Å². The lowest BCUT2D eigenvalue weighted by molar-refractivity contribution is 0.0523. The molecule has 96 valence electrons. The second-order valence-electron chi connectivity index (χ2n) is 4.36. The lowest BCUT2D eigenvalue weighted by Gasteiger charge is -2.28. The van der Waals surface area contributed by atoms with Gasteiger partial charge in [-0.3, -0.25) is 0 Å². The molecule has 0 aromatic rings. The van der Waals surface area contributed by atoms with Gasteiger partial charge < -0.3 is 20.2 Å². The van der Waals surface area contributed by atoms with Crippen molar-refractivity contribution in [2.24, 2.45) is 5.73 Å². The van der Waals surface area contributed by atoms with Gasteiger partial charge in [-0.15, -0.1) is 0 Å². The number of hydrogen-bond acceptors (Lipinski definition) is 4. The summed E-state index contributed by atoms with van der Waals surface area (Å²) in [5.41, 5.74) is 5.87. The van der Waals surface area contributed by atoms with Crippen molar-refractivity contribution in [2.75, 3.05) is 33.4 Å². The average Bonchev–Trinajstić information content (AvgIpc) is 2.35. The summed E-state index contributed by atoms with van der Waals surface area (Å²) < 4.78 is 11.5. The predicted octanol–water partition coefficient (Wildman–Crippen LogP) is 0.403. The Bertz CT molecular complexity index is 166. The molecule has 1 rings (SSSR count). The van der Waals surface area contributed by atoms with Crippen LogP contribution in [0.2, 0.25) is 6.04 Å². The van der Waals surface area contributed by atoms with E-state index in [1.807, 2.05) is 7.11 Å². The van der Waals surface area contributed by atoms with E-state index in [9.17, 15) is 0 Å². The lowest BCUT2D eigenvalue weighted by atomic mass is 10.2. The Morgan fingerprint density at radius 1 is 1.44 bits per heavy atom. The zero-order chi connectivity index (χ0) is 11.6.